The summed E-state index contributed by atoms with van der Waals surface area (Å²) in [5.41, 5.74) is -1.01. The predicted molar refractivity (Wildman–Crippen MR) is 23.6 cm³/mol. The van der Waals surface area contributed by atoms with Crippen molar-refractivity contribution in [1.29, 1.82) is 0 Å². The maximum absolute atomic E-state index is 9.57. The van der Waals surface area contributed by atoms with E-state index in [0.29, 0.717) is 0 Å². The van der Waals surface area contributed by atoms with Crippen LogP contribution in [0.1, 0.15) is 0 Å². The van der Waals surface area contributed by atoms with Crippen LogP contribution in [0.15, 0.2) is 12.8 Å². The third kappa shape index (κ3) is 5.30. The second kappa shape index (κ2) is 3.49. The van der Waals surface area contributed by atoms with Gasteiger partial charge in [0.15, 0.2) is 0 Å². The lowest BCUT2D eigenvalue weighted by molar-refractivity contribution is -0.176. The Labute approximate surface area is 45.4 Å². The first-order chi connectivity index (χ1) is 3.27. The number of hydrogen-bond donors (Lipinski definition) is 0. The maximum Gasteiger partial charge on any atom is 0.448 e. The topological polar surface area (TPSA) is 35.5 Å². The predicted octanol–water partition coefficient (Wildman–Crippen LogP) is 1.44. The van der Waals surface area contributed by atoms with Gasteiger partial charge in [-0.3, -0.25) is 4.89 Å². The Bertz CT molecular complexity index is 80.2. The fraction of sp³-hybridized carbons (Fsp3) is 0. The number of carbonyl (C=O) groups excluding carboxylic acids is 1. The number of rotatable bonds is 2. The van der Waals surface area contributed by atoms with Gasteiger partial charge in [-0.25, -0.2) is 9.68 Å². The molecule has 7 heavy (non-hydrogen) atoms. The van der Waals surface area contributed by atoms with E-state index in [0.717, 1.165) is 6.26 Å². The van der Waals surface area contributed by atoms with Crippen LogP contribution in [0.25, 0.3) is 0 Å². The molecule has 0 saturated carbocycles. The van der Waals surface area contributed by atoms with Gasteiger partial charge >= 0.3 is 5.43 Å². The molecule has 0 bridgehead atoms. The molecular formula is C3H3ClO3. The van der Waals surface area contributed by atoms with Crippen LogP contribution in [0.4, 0.5) is 4.79 Å². The van der Waals surface area contributed by atoms with Gasteiger partial charge in [-0.2, -0.15) is 0 Å². The average molecular weight is 123 g/mol. The van der Waals surface area contributed by atoms with Crippen molar-refractivity contribution in [3.05, 3.63) is 12.8 Å². The fourth-order valence-corrected chi connectivity index (χ4v) is 0.108. The Morgan fingerprint density at radius 1 is 1.86 bits per heavy atom. The third-order valence-corrected chi connectivity index (χ3v) is 0.245. The minimum Gasteiger partial charge on any atom is -0.294 e. The van der Waals surface area contributed by atoms with E-state index in [1.54, 1.807) is 0 Å². The van der Waals surface area contributed by atoms with Crippen molar-refractivity contribution in [2.24, 2.45) is 0 Å². The summed E-state index contributed by atoms with van der Waals surface area (Å²) < 4.78 is 0. The monoisotopic (exact) mass is 122 g/mol. The molecule has 0 spiro atoms. The Hall–Kier alpha value is -0.700. The van der Waals surface area contributed by atoms with E-state index < -0.39 is 5.43 Å². The lowest BCUT2D eigenvalue weighted by atomic mass is 11.2. The highest BCUT2D eigenvalue weighted by Crippen LogP contribution is 1.86. The van der Waals surface area contributed by atoms with Crippen LogP contribution in [0.3, 0.4) is 0 Å². The van der Waals surface area contributed by atoms with Crippen LogP contribution >= 0.6 is 11.6 Å². The van der Waals surface area contributed by atoms with Crippen LogP contribution in [0.5, 0.6) is 0 Å². The Balaban J connectivity index is 2.97. The van der Waals surface area contributed by atoms with Gasteiger partial charge in [0.1, 0.15) is 6.26 Å². The molecule has 0 aromatic heterocycles. The Morgan fingerprint density at radius 3 is 2.57 bits per heavy atom. The summed E-state index contributed by atoms with van der Waals surface area (Å²) in [6.07, 6.45) is 0.945. The molecule has 0 radical (unpaired) electrons. The molecule has 0 aromatic rings. The molecule has 0 fully saturated rings. The van der Waals surface area contributed by atoms with Crippen LogP contribution in [0.2, 0.25) is 0 Å². The van der Waals surface area contributed by atoms with Crippen molar-refractivity contribution in [2.75, 3.05) is 0 Å². The van der Waals surface area contributed by atoms with Crippen molar-refractivity contribution in [2.45, 2.75) is 0 Å². The second-order valence-corrected chi connectivity index (χ2v) is 0.892. The molecule has 0 atom stereocenters. The van der Waals surface area contributed by atoms with Gasteiger partial charge in [-0.1, -0.05) is 6.58 Å². The minimum atomic E-state index is -1.01. The maximum atomic E-state index is 9.57. The molecule has 0 aliphatic heterocycles. The molecule has 0 saturated heterocycles. The smallest absolute Gasteiger partial charge is 0.294 e. The number of carbonyl (C=O) groups is 1. The highest BCUT2D eigenvalue weighted by Gasteiger charge is 1.90. The molecule has 3 nitrogen and oxygen atoms in total. The summed E-state index contributed by atoms with van der Waals surface area (Å²) in [6, 6.07) is 0. The highest BCUT2D eigenvalue weighted by atomic mass is 35.5. The zero-order valence-corrected chi connectivity index (χ0v) is 4.14. The summed E-state index contributed by atoms with van der Waals surface area (Å²) in [4.78, 5) is 17.1. The van der Waals surface area contributed by atoms with Gasteiger partial charge in [-0.05, 0) is 0 Å². The van der Waals surface area contributed by atoms with Gasteiger partial charge in [-0.15, -0.1) is 0 Å². The van der Waals surface area contributed by atoms with Gasteiger partial charge in [0.05, 0.1) is 0 Å². The van der Waals surface area contributed by atoms with E-state index in [9.17, 15) is 4.79 Å². The molecule has 0 amide bonds. The molecule has 0 aromatic carbocycles. The summed E-state index contributed by atoms with van der Waals surface area (Å²) in [7, 11) is 0. The van der Waals surface area contributed by atoms with E-state index in [1.165, 1.54) is 0 Å². The molecule has 0 heterocycles. The van der Waals surface area contributed by atoms with Crippen LogP contribution < -0.4 is 0 Å². The first kappa shape index (κ1) is 6.30. The van der Waals surface area contributed by atoms with E-state index >= 15 is 0 Å². The minimum absolute atomic E-state index is 0.945. The van der Waals surface area contributed by atoms with Gasteiger partial charge in [0.25, 0.3) is 0 Å². The van der Waals surface area contributed by atoms with Gasteiger partial charge in [0.2, 0.25) is 0 Å². The Kier molecular flexibility index (Phi) is 3.14. The second-order valence-electron chi connectivity index (χ2n) is 0.584. The molecular weight excluding hydrogens is 119 g/mol. The molecule has 0 rings (SSSR count). The Morgan fingerprint density at radius 2 is 2.43 bits per heavy atom. The molecule has 0 N–H and O–H groups in total. The largest absolute Gasteiger partial charge is 0.448 e. The van der Waals surface area contributed by atoms with E-state index in [1.807, 2.05) is 0 Å². The van der Waals surface area contributed by atoms with Crippen LogP contribution in [-0.4, -0.2) is 5.43 Å². The number of halogens is 1. The van der Waals surface area contributed by atoms with Crippen molar-refractivity contribution in [3.8, 4) is 0 Å². The molecule has 0 unspecified atom stereocenters. The van der Waals surface area contributed by atoms with E-state index in [-0.39, 0.29) is 0 Å². The molecule has 0 aliphatic carbocycles. The van der Waals surface area contributed by atoms with Crippen LogP contribution in [0, 0.1) is 0 Å². The zero-order valence-electron chi connectivity index (χ0n) is 3.39. The summed E-state index contributed by atoms with van der Waals surface area (Å²) in [6.45, 7) is 3.07. The standard InChI is InChI=1S/C3H3ClO3/c1-2-6-7-3(4)5/h2H,1H2. The van der Waals surface area contributed by atoms with Crippen molar-refractivity contribution >= 4 is 17.0 Å². The summed E-state index contributed by atoms with van der Waals surface area (Å²) in [5, 5.41) is 0. The molecule has 40 valence electrons. The number of hydrogen-bond acceptors (Lipinski definition) is 3. The molecule has 4 heteroatoms. The summed E-state index contributed by atoms with van der Waals surface area (Å²) in [5.74, 6) is 0. The quantitative estimate of drug-likeness (QED) is 0.241. The van der Waals surface area contributed by atoms with Crippen molar-refractivity contribution in [3.63, 3.8) is 0 Å². The highest BCUT2D eigenvalue weighted by molar-refractivity contribution is 6.61. The van der Waals surface area contributed by atoms with Crippen molar-refractivity contribution < 1.29 is 14.6 Å². The molecule has 0 aliphatic rings. The van der Waals surface area contributed by atoms with E-state index in [2.05, 4.69) is 28.0 Å². The normalized spacial score (nSPS) is 7.00. The summed E-state index contributed by atoms with van der Waals surface area (Å²) >= 11 is 4.62. The van der Waals surface area contributed by atoms with Crippen molar-refractivity contribution in [1.82, 2.24) is 0 Å². The lowest BCUT2D eigenvalue weighted by Gasteiger charge is -1.88. The van der Waals surface area contributed by atoms with Gasteiger partial charge < -0.3 is 0 Å². The first-order valence-electron chi connectivity index (χ1n) is 1.41. The fourth-order valence-electron chi connectivity index (χ4n) is 0.0718. The lowest BCUT2D eigenvalue weighted by Crippen LogP contribution is -1.87. The van der Waals surface area contributed by atoms with Crippen LogP contribution in [-0.2, 0) is 9.78 Å². The SMILES string of the molecule is C=COOC(=O)Cl. The van der Waals surface area contributed by atoms with E-state index in [4.69, 9.17) is 0 Å². The van der Waals surface area contributed by atoms with Gasteiger partial charge in [0, 0.05) is 11.6 Å². The average Bonchev–Trinajstić information content (AvgIpc) is 1.61. The zero-order chi connectivity index (χ0) is 5.70. The first-order valence-corrected chi connectivity index (χ1v) is 1.79. The third-order valence-electron chi connectivity index (χ3n) is 0.182.